The fourth-order valence-corrected chi connectivity index (χ4v) is 3.79. The van der Waals surface area contributed by atoms with Crippen LogP contribution in [0.4, 0.5) is 5.82 Å². The summed E-state index contributed by atoms with van der Waals surface area (Å²) >= 11 is 0. The van der Waals surface area contributed by atoms with Crippen molar-refractivity contribution in [1.82, 2.24) is 24.6 Å². The second-order valence-corrected chi connectivity index (χ2v) is 7.24. The maximum atomic E-state index is 11.8. The largest absolute Gasteiger partial charge is 0.356 e. The van der Waals surface area contributed by atoms with Crippen molar-refractivity contribution in [2.45, 2.75) is 46.5 Å². The highest BCUT2D eigenvalue weighted by molar-refractivity contribution is 5.57. The van der Waals surface area contributed by atoms with Crippen molar-refractivity contribution in [3.8, 4) is 0 Å². The highest BCUT2D eigenvalue weighted by atomic mass is 16.1. The zero-order valence-electron chi connectivity index (χ0n) is 15.7. The molecule has 0 radical (unpaired) electrons. The Hall–Kier alpha value is -2.70. The molecule has 26 heavy (non-hydrogen) atoms. The number of nitrogens with one attached hydrogen (secondary N) is 1. The fraction of sp³-hybridized carbons (Fsp3) is 0.474. The minimum Gasteiger partial charge on any atom is -0.356 e. The van der Waals surface area contributed by atoms with Gasteiger partial charge >= 0.3 is 0 Å². The normalized spacial score (nSPS) is 17.8. The summed E-state index contributed by atoms with van der Waals surface area (Å²) < 4.78 is 1.95. The van der Waals surface area contributed by atoms with Gasteiger partial charge in [0.25, 0.3) is 5.56 Å². The number of hydrogen-bond acceptors (Lipinski definition) is 5. The van der Waals surface area contributed by atoms with Crippen LogP contribution in [0.25, 0.3) is 5.65 Å². The first-order valence-corrected chi connectivity index (χ1v) is 9.09. The molecule has 3 aromatic heterocycles. The van der Waals surface area contributed by atoms with E-state index in [1.54, 1.807) is 6.07 Å². The van der Waals surface area contributed by atoms with Crippen LogP contribution in [-0.2, 0) is 0 Å². The molecule has 136 valence electrons. The van der Waals surface area contributed by atoms with Crippen molar-refractivity contribution in [3.05, 3.63) is 51.0 Å². The van der Waals surface area contributed by atoms with Gasteiger partial charge in [0.15, 0.2) is 5.65 Å². The molecule has 1 atom stereocenters. The Kier molecular flexibility index (Phi) is 4.01. The minimum absolute atomic E-state index is 0.0786. The van der Waals surface area contributed by atoms with Gasteiger partial charge in [0.1, 0.15) is 11.6 Å². The van der Waals surface area contributed by atoms with Crippen molar-refractivity contribution in [3.63, 3.8) is 0 Å². The minimum atomic E-state index is -0.0786. The maximum Gasteiger partial charge on any atom is 0.251 e. The van der Waals surface area contributed by atoms with Crippen LogP contribution >= 0.6 is 0 Å². The Morgan fingerprint density at radius 2 is 1.96 bits per heavy atom. The summed E-state index contributed by atoms with van der Waals surface area (Å²) in [6.07, 6.45) is 2.09. The molecular formula is C19H24N6O. The van der Waals surface area contributed by atoms with Crippen LogP contribution in [0.3, 0.4) is 0 Å². The Balaban J connectivity index is 1.73. The quantitative estimate of drug-likeness (QED) is 0.766. The molecule has 1 fully saturated rings. The summed E-state index contributed by atoms with van der Waals surface area (Å²) in [5, 5.41) is 4.70. The standard InChI is InChI=1S/C19H24N6O/c1-11-8-18(25-19(20-11)12(2)13(3)23-25)24-7-5-6-15(10-24)16-9-17(26)22-14(4)21-16/h8-9,15H,5-7,10H2,1-4H3,(H,21,22,26). The molecule has 7 heteroatoms. The van der Waals surface area contributed by atoms with Gasteiger partial charge in [-0.05, 0) is 40.5 Å². The summed E-state index contributed by atoms with van der Waals surface area (Å²) in [4.78, 5) is 26.1. The second kappa shape index (κ2) is 6.23. The van der Waals surface area contributed by atoms with Gasteiger partial charge in [-0.2, -0.15) is 9.61 Å². The van der Waals surface area contributed by atoms with Crippen LogP contribution in [0.2, 0.25) is 0 Å². The van der Waals surface area contributed by atoms with E-state index in [1.807, 2.05) is 25.3 Å². The number of fused-ring (bicyclic) bond motifs is 1. The predicted molar refractivity (Wildman–Crippen MR) is 101 cm³/mol. The molecule has 0 bridgehead atoms. The van der Waals surface area contributed by atoms with Crippen molar-refractivity contribution < 1.29 is 0 Å². The summed E-state index contributed by atoms with van der Waals surface area (Å²) in [7, 11) is 0. The molecule has 0 aliphatic carbocycles. The Labute approximate surface area is 152 Å². The smallest absolute Gasteiger partial charge is 0.251 e. The summed E-state index contributed by atoms with van der Waals surface area (Å²) in [5.74, 6) is 1.98. The lowest BCUT2D eigenvalue weighted by molar-refractivity contribution is 0.493. The molecule has 0 amide bonds. The van der Waals surface area contributed by atoms with E-state index in [0.717, 1.165) is 60.0 Å². The molecule has 1 saturated heterocycles. The average molecular weight is 352 g/mol. The van der Waals surface area contributed by atoms with Crippen LogP contribution in [0, 0.1) is 27.7 Å². The third-order valence-electron chi connectivity index (χ3n) is 5.21. The molecule has 3 aromatic rings. The fourth-order valence-electron chi connectivity index (χ4n) is 3.79. The van der Waals surface area contributed by atoms with Crippen LogP contribution in [-0.4, -0.2) is 37.7 Å². The van der Waals surface area contributed by atoms with Gasteiger partial charge in [-0.25, -0.2) is 9.97 Å². The molecule has 7 nitrogen and oxygen atoms in total. The van der Waals surface area contributed by atoms with Crippen LogP contribution in [0.15, 0.2) is 16.9 Å². The van der Waals surface area contributed by atoms with E-state index in [2.05, 4.69) is 32.8 Å². The van der Waals surface area contributed by atoms with Crippen LogP contribution in [0.5, 0.6) is 0 Å². The molecule has 4 heterocycles. The van der Waals surface area contributed by atoms with E-state index in [0.29, 0.717) is 5.82 Å². The Morgan fingerprint density at radius 3 is 2.73 bits per heavy atom. The zero-order chi connectivity index (χ0) is 18.4. The van der Waals surface area contributed by atoms with Gasteiger partial charge in [-0.1, -0.05) is 0 Å². The molecule has 1 N–H and O–H groups in total. The van der Waals surface area contributed by atoms with Crippen molar-refractivity contribution in [1.29, 1.82) is 0 Å². The van der Waals surface area contributed by atoms with Gasteiger partial charge < -0.3 is 9.88 Å². The van der Waals surface area contributed by atoms with E-state index in [1.165, 1.54) is 0 Å². The van der Waals surface area contributed by atoms with Gasteiger partial charge in [0, 0.05) is 42.4 Å². The lowest BCUT2D eigenvalue weighted by Crippen LogP contribution is -2.36. The second-order valence-electron chi connectivity index (χ2n) is 7.24. The number of nitrogens with zero attached hydrogens (tertiary/aromatic N) is 5. The number of aryl methyl sites for hydroxylation is 4. The van der Waals surface area contributed by atoms with Crippen molar-refractivity contribution >= 4 is 11.5 Å². The maximum absolute atomic E-state index is 11.8. The summed E-state index contributed by atoms with van der Waals surface area (Å²) in [5.41, 5.74) is 4.84. The number of anilines is 1. The van der Waals surface area contributed by atoms with E-state index in [9.17, 15) is 4.79 Å². The highest BCUT2D eigenvalue weighted by Crippen LogP contribution is 2.30. The molecule has 1 aliphatic rings. The summed E-state index contributed by atoms with van der Waals surface area (Å²) in [6, 6.07) is 3.73. The zero-order valence-corrected chi connectivity index (χ0v) is 15.7. The van der Waals surface area contributed by atoms with Crippen LogP contribution < -0.4 is 10.5 Å². The van der Waals surface area contributed by atoms with E-state index in [4.69, 9.17) is 5.10 Å². The van der Waals surface area contributed by atoms with Gasteiger partial charge in [-0.15, -0.1) is 0 Å². The monoisotopic (exact) mass is 352 g/mol. The first kappa shape index (κ1) is 16.8. The van der Waals surface area contributed by atoms with Crippen LogP contribution in [0.1, 0.15) is 47.2 Å². The van der Waals surface area contributed by atoms with Gasteiger partial charge in [0.2, 0.25) is 0 Å². The molecule has 1 aliphatic heterocycles. The molecule has 0 saturated carbocycles. The number of rotatable bonds is 2. The van der Waals surface area contributed by atoms with E-state index < -0.39 is 0 Å². The number of aromatic nitrogens is 5. The van der Waals surface area contributed by atoms with Crippen molar-refractivity contribution in [2.24, 2.45) is 0 Å². The number of aromatic amines is 1. The van der Waals surface area contributed by atoms with E-state index >= 15 is 0 Å². The number of hydrogen-bond donors (Lipinski definition) is 1. The van der Waals surface area contributed by atoms with Gasteiger partial charge in [-0.3, -0.25) is 4.79 Å². The lowest BCUT2D eigenvalue weighted by atomic mass is 9.94. The lowest BCUT2D eigenvalue weighted by Gasteiger charge is -2.34. The number of H-pyrrole nitrogens is 1. The first-order valence-electron chi connectivity index (χ1n) is 9.09. The van der Waals surface area contributed by atoms with Crippen molar-refractivity contribution in [2.75, 3.05) is 18.0 Å². The molecule has 0 spiro atoms. The third kappa shape index (κ3) is 2.87. The molecule has 4 rings (SSSR count). The molecular weight excluding hydrogens is 328 g/mol. The van der Waals surface area contributed by atoms with E-state index in [-0.39, 0.29) is 11.5 Å². The Morgan fingerprint density at radius 1 is 1.15 bits per heavy atom. The molecule has 1 unspecified atom stereocenters. The first-order chi connectivity index (χ1) is 12.4. The predicted octanol–water partition coefficient (Wildman–Crippen LogP) is 2.43. The third-order valence-corrected chi connectivity index (χ3v) is 5.21. The SMILES string of the molecule is Cc1cc(N2CCCC(c3cc(=O)[nH]c(C)n3)C2)n2nc(C)c(C)c2n1. The molecule has 0 aromatic carbocycles. The summed E-state index contributed by atoms with van der Waals surface area (Å²) in [6.45, 7) is 9.73. The highest BCUT2D eigenvalue weighted by Gasteiger charge is 2.25. The Bertz CT molecular complexity index is 1030. The van der Waals surface area contributed by atoms with Gasteiger partial charge in [0.05, 0.1) is 11.4 Å². The average Bonchev–Trinajstić information content (AvgIpc) is 2.88. The topological polar surface area (TPSA) is 79.2 Å². The number of piperidine rings is 1.